The Bertz CT molecular complexity index is 909. The van der Waals surface area contributed by atoms with Crippen LogP contribution in [-0.2, 0) is 10.0 Å². The number of carbonyl (C=O) groups is 1. The molecule has 0 radical (unpaired) electrons. The number of sulfonamides is 1. The number of halogens is 1. The number of hydrogen-bond acceptors (Lipinski definition) is 4. The van der Waals surface area contributed by atoms with Crippen LogP contribution < -0.4 is 14.8 Å². The van der Waals surface area contributed by atoms with Gasteiger partial charge in [-0.25, -0.2) is 8.42 Å². The third-order valence-electron chi connectivity index (χ3n) is 4.07. The molecular formula is C18H19ClN2O4S. The maximum Gasteiger partial charge on any atom is 0.263 e. The van der Waals surface area contributed by atoms with Crippen molar-refractivity contribution in [1.82, 2.24) is 5.32 Å². The Hall–Kier alpha value is -2.25. The van der Waals surface area contributed by atoms with E-state index in [4.69, 9.17) is 16.3 Å². The van der Waals surface area contributed by atoms with E-state index in [0.29, 0.717) is 23.9 Å². The number of carbonyl (C=O) groups excluding carboxylic acids is 1. The lowest BCUT2D eigenvalue weighted by Gasteiger charge is -2.12. The second-order valence-electron chi connectivity index (χ2n) is 6.13. The van der Waals surface area contributed by atoms with Gasteiger partial charge in [0.25, 0.3) is 15.9 Å². The number of anilines is 1. The van der Waals surface area contributed by atoms with Crippen LogP contribution in [0.2, 0.25) is 5.02 Å². The first kappa shape index (κ1) is 18.5. The zero-order valence-corrected chi connectivity index (χ0v) is 15.7. The molecule has 0 aliphatic heterocycles. The zero-order chi connectivity index (χ0) is 18.7. The summed E-state index contributed by atoms with van der Waals surface area (Å²) in [5, 5.41) is 2.86. The molecule has 0 atom stereocenters. The summed E-state index contributed by atoms with van der Waals surface area (Å²) in [5.41, 5.74) is 0.621. The lowest BCUT2D eigenvalue weighted by atomic mass is 10.2. The number of benzene rings is 2. The van der Waals surface area contributed by atoms with Crippen molar-refractivity contribution < 1.29 is 17.9 Å². The summed E-state index contributed by atoms with van der Waals surface area (Å²) >= 11 is 6.07. The second-order valence-corrected chi connectivity index (χ2v) is 8.19. The summed E-state index contributed by atoms with van der Waals surface area (Å²) in [7, 11) is -2.41. The molecule has 0 spiro atoms. The lowest BCUT2D eigenvalue weighted by Crippen LogP contribution is -2.26. The highest BCUT2D eigenvalue weighted by Gasteiger charge is 2.23. The van der Waals surface area contributed by atoms with Gasteiger partial charge in [-0.2, -0.15) is 0 Å². The number of ether oxygens (including phenoxy) is 1. The highest BCUT2D eigenvalue weighted by Crippen LogP contribution is 2.28. The van der Waals surface area contributed by atoms with E-state index in [1.54, 1.807) is 24.3 Å². The molecule has 138 valence electrons. The molecule has 26 heavy (non-hydrogen) atoms. The smallest absolute Gasteiger partial charge is 0.263 e. The molecule has 0 aromatic heterocycles. The van der Waals surface area contributed by atoms with Crippen LogP contribution in [-0.4, -0.2) is 28.0 Å². The predicted molar refractivity (Wildman–Crippen MR) is 100 cm³/mol. The summed E-state index contributed by atoms with van der Waals surface area (Å²) in [5.74, 6) is 0.834. The Morgan fingerprint density at radius 3 is 2.50 bits per heavy atom. The van der Waals surface area contributed by atoms with E-state index in [2.05, 4.69) is 10.0 Å². The monoisotopic (exact) mass is 394 g/mol. The molecule has 3 rings (SSSR count). The van der Waals surface area contributed by atoms with Crippen LogP contribution in [0, 0.1) is 5.92 Å². The second kappa shape index (κ2) is 7.55. The normalized spacial score (nSPS) is 13.9. The van der Waals surface area contributed by atoms with Crippen molar-refractivity contribution in [2.45, 2.75) is 17.7 Å². The molecule has 1 saturated carbocycles. The van der Waals surface area contributed by atoms with Gasteiger partial charge in [-0.15, -0.1) is 0 Å². The van der Waals surface area contributed by atoms with Crippen molar-refractivity contribution in [3.8, 4) is 5.75 Å². The Morgan fingerprint density at radius 2 is 1.88 bits per heavy atom. The SMILES string of the molecule is COc1ccc(NS(=O)(=O)c2cc(C(=O)NCC3CC3)ccc2Cl)cc1. The van der Waals surface area contributed by atoms with Gasteiger partial charge in [0.1, 0.15) is 10.6 Å². The number of nitrogens with one attached hydrogen (secondary N) is 2. The molecule has 0 unspecified atom stereocenters. The maximum atomic E-state index is 12.7. The largest absolute Gasteiger partial charge is 0.497 e. The summed E-state index contributed by atoms with van der Waals surface area (Å²) < 4.78 is 32.8. The van der Waals surface area contributed by atoms with Gasteiger partial charge in [-0.1, -0.05) is 11.6 Å². The number of amides is 1. The van der Waals surface area contributed by atoms with Crippen LogP contribution in [0.25, 0.3) is 0 Å². The van der Waals surface area contributed by atoms with Crippen LogP contribution in [0.1, 0.15) is 23.2 Å². The molecule has 6 nitrogen and oxygen atoms in total. The molecule has 1 aliphatic carbocycles. The quantitative estimate of drug-likeness (QED) is 0.754. The number of methoxy groups -OCH3 is 1. The van der Waals surface area contributed by atoms with Crippen LogP contribution in [0.3, 0.4) is 0 Å². The third kappa shape index (κ3) is 4.47. The van der Waals surface area contributed by atoms with Crippen LogP contribution in [0.15, 0.2) is 47.4 Å². The Balaban J connectivity index is 1.80. The molecule has 1 aliphatic rings. The minimum Gasteiger partial charge on any atom is -0.497 e. The van der Waals surface area contributed by atoms with Gasteiger partial charge in [-0.05, 0) is 61.2 Å². The summed E-state index contributed by atoms with van der Waals surface area (Å²) in [6.45, 7) is 0.605. The van der Waals surface area contributed by atoms with Crippen molar-refractivity contribution in [3.63, 3.8) is 0 Å². The van der Waals surface area contributed by atoms with Crippen molar-refractivity contribution in [3.05, 3.63) is 53.1 Å². The minimum absolute atomic E-state index is 0.0461. The summed E-state index contributed by atoms with van der Waals surface area (Å²) in [4.78, 5) is 12.1. The van der Waals surface area contributed by atoms with Gasteiger partial charge in [0, 0.05) is 17.8 Å². The van der Waals surface area contributed by atoms with Crippen LogP contribution in [0.4, 0.5) is 5.69 Å². The topological polar surface area (TPSA) is 84.5 Å². The molecule has 0 heterocycles. The molecule has 0 bridgehead atoms. The van der Waals surface area contributed by atoms with E-state index in [0.717, 1.165) is 12.8 Å². The van der Waals surface area contributed by atoms with Gasteiger partial charge in [0.05, 0.1) is 12.1 Å². The highest BCUT2D eigenvalue weighted by molar-refractivity contribution is 7.92. The lowest BCUT2D eigenvalue weighted by molar-refractivity contribution is 0.0951. The van der Waals surface area contributed by atoms with E-state index in [-0.39, 0.29) is 21.4 Å². The molecule has 2 aromatic rings. The van der Waals surface area contributed by atoms with E-state index in [1.807, 2.05) is 0 Å². The number of rotatable bonds is 7. The van der Waals surface area contributed by atoms with E-state index >= 15 is 0 Å². The Kier molecular flexibility index (Phi) is 5.38. The van der Waals surface area contributed by atoms with Gasteiger partial charge in [0.2, 0.25) is 0 Å². The average Bonchev–Trinajstić information content (AvgIpc) is 3.44. The van der Waals surface area contributed by atoms with Crippen LogP contribution >= 0.6 is 11.6 Å². The van der Waals surface area contributed by atoms with E-state index in [9.17, 15) is 13.2 Å². The summed E-state index contributed by atoms with van der Waals surface area (Å²) in [6, 6.07) is 10.7. The molecule has 2 N–H and O–H groups in total. The molecule has 2 aromatic carbocycles. The predicted octanol–water partition coefficient (Wildman–Crippen LogP) is 3.29. The van der Waals surface area contributed by atoms with Gasteiger partial charge in [-0.3, -0.25) is 9.52 Å². The first-order chi connectivity index (χ1) is 12.4. The first-order valence-corrected chi connectivity index (χ1v) is 10.00. The molecule has 1 fully saturated rings. The number of hydrogen-bond donors (Lipinski definition) is 2. The van der Waals surface area contributed by atoms with Gasteiger partial charge < -0.3 is 10.1 Å². The van der Waals surface area contributed by atoms with Crippen molar-refractivity contribution in [1.29, 1.82) is 0 Å². The van der Waals surface area contributed by atoms with Crippen molar-refractivity contribution >= 4 is 33.2 Å². The maximum absolute atomic E-state index is 12.7. The van der Waals surface area contributed by atoms with Crippen molar-refractivity contribution in [2.24, 2.45) is 5.92 Å². The standard InChI is InChI=1S/C18H19ClN2O4S/c1-25-15-7-5-14(6-8-15)21-26(23,24)17-10-13(4-9-16(17)19)18(22)20-11-12-2-3-12/h4-10,12,21H,2-3,11H2,1H3,(H,20,22). The molecule has 1 amide bonds. The fourth-order valence-corrected chi connectivity index (χ4v) is 3.97. The molecule has 8 heteroatoms. The van der Waals surface area contributed by atoms with Gasteiger partial charge >= 0.3 is 0 Å². The fourth-order valence-electron chi connectivity index (χ4n) is 2.38. The third-order valence-corrected chi connectivity index (χ3v) is 5.94. The highest BCUT2D eigenvalue weighted by atomic mass is 35.5. The Morgan fingerprint density at radius 1 is 1.19 bits per heavy atom. The summed E-state index contributed by atoms with van der Waals surface area (Å²) in [6.07, 6.45) is 2.23. The molecule has 0 saturated heterocycles. The first-order valence-electron chi connectivity index (χ1n) is 8.13. The van der Waals surface area contributed by atoms with Gasteiger partial charge in [0.15, 0.2) is 0 Å². The van der Waals surface area contributed by atoms with Crippen LogP contribution in [0.5, 0.6) is 5.75 Å². The fraction of sp³-hybridized carbons (Fsp3) is 0.278. The Labute approximate surface area is 157 Å². The van der Waals surface area contributed by atoms with Crippen molar-refractivity contribution in [2.75, 3.05) is 18.4 Å². The van der Waals surface area contributed by atoms with E-state index in [1.165, 1.54) is 25.3 Å². The minimum atomic E-state index is -3.94. The average molecular weight is 395 g/mol. The van der Waals surface area contributed by atoms with E-state index < -0.39 is 10.0 Å². The molecular weight excluding hydrogens is 376 g/mol. The zero-order valence-electron chi connectivity index (χ0n) is 14.2.